The Morgan fingerprint density at radius 2 is 2.19 bits per heavy atom. The van der Waals surface area contributed by atoms with Crippen LogP contribution < -0.4 is 5.32 Å². The van der Waals surface area contributed by atoms with Crippen molar-refractivity contribution in [3.63, 3.8) is 0 Å². The molecule has 0 bridgehead atoms. The number of aromatic nitrogens is 2. The third-order valence-electron chi connectivity index (χ3n) is 2.05. The molecule has 0 aliphatic heterocycles. The largest absolute Gasteiger partial charge is 0.323 e. The van der Waals surface area contributed by atoms with E-state index in [9.17, 15) is 4.79 Å². The number of anilines is 1. The Kier molecular flexibility index (Phi) is 3.22. The van der Waals surface area contributed by atoms with Crippen molar-refractivity contribution in [1.82, 2.24) is 9.78 Å². The zero-order valence-electron chi connectivity index (χ0n) is 8.43. The molecule has 0 unspecified atom stereocenters. The van der Waals surface area contributed by atoms with E-state index in [-0.39, 0.29) is 11.8 Å². The van der Waals surface area contributed by atoms with Crippen LogP contribution in [0.15, 0.2) is 42.7 Å². The second-order valence-electron chi connectivity index (χ2n) is 3.15. The van der Waals surface area contributed by atoms with E-state index in [1.807, 2.05) is 36.5 Å². The Hall–Kier alpha value is -1.81. The molecule has 0 aliphatic carbocycles. The van der Waals surface area contributed by atoms with Crippen LogP contribution >= 0.6 is 11.6 Å². The lowest BCUT2D eigenvalue weighted by atomic mass is 10.2. The second kappa shape index (κ2) is 4.81. The molecule has 1 aromatic heterocycles. The Bertz CT molecular complexity index is 482. The van der Waals surface area contributed by atoms with Gasteiger partial charge in [-0.1, -0.05) is 12.1 Å². The number of hydrogen-bond acceptors (Lipinski definition) is 2. The van der Waals surface area contributed by atoms with E-state index in [0.717, 1.165) is 5.69 Å². The molecule has 0 aliphatic rings. The average molecular weight is 236 g/mol. The number of rotatable bonds is 3. The Labute approximate surface area is 97.8 Å². The molecule has 82 valence electrons. The van der Waals surface area contributed by atoms with Gasteiger partial charge in [-0.05, 0) is 18.2 Å². The van der Waals surface area contributed by atoms with Gasteiger partial charge in [0.2, 0.25) is 5.91 Å². The van der Waals surface area contributed by atoms with Gasteiger partial charge >= 0.3 is 0 Å². The summed E-state index contributed by atoms with van der Waals surface area (Å²) in [5.74, 6) is -0.297. The highest BCUT2D eigenvalue weighted by atomic mass is 35.5. The van der Waals surface area contributed by atoms with Crippen molar-refractivity contribution in [3.05, 3.63) is 42.7 Å². The molecular weight excluding hydrogens is 226 g/mol. The monoisotopic (exact) mass is 235 g/mol. The van der Waals surface area contributed by atoms with Crippen molar-refractivity contribution in [2.75, 3.05) is 11.2 Å². The fraction of sp³-hybridized carbons (Fsp3) is 0.0909. The minimum Gasteiger partial charge on any atom is -0.323 e. The number of para-hydroxylation sites is 2. The molecule has 0 saturated carbocycles. The zero-order chi connectivity index (χ0) is 11.4. The molecule has 2 aromatic rings. The Balaban J connectivity index is 2.35. The molecule has 0 saturated heterocycles. The molecule has 0 radical (unpaired) electrons. The van der Waals surface area contributed by atoms with Crippen molar-refractivity contribution < 1.29 is 4.79 Å². The van der Waals surface area contributed by atoms with E-state index in [0.29, 0.717) is 5.69 Å². The second-order valence-corrected chi connectivity index (χ2v) is 3.42. The van der Waals surface area contributed by atoms with Gasteiger partial charge in [0.1, 0.15) is 5.88 Å². The predicted molar refractivity (Wildman–Crippen MR) is 62.9 cm³/mol. The van der Waals surface area contributed by atoms with Gasteiger partial charge in [-0.25, -0.2) is 4.68 Å². The third kappa shape index (κ3) is 2.23. The highest BCUT2D eigenvalue weighted by Crippen LogP contribution is 2.18. The zero-order valence-corrected chi connectivity index (χ0v) is 9.19. The Morgan fingerprint density at radius 3 is 2.88 bits per heavy atom. The van der Waals surface area contributed by atoms with Crippen LogP contribution in [-0.2, 0) is 4.79 Å². The first kappa shape index (κ1) is 10.7. The fourth-order valence-electron chi connectivity index (χ4n) is 1.37. The summed E-state index contributed by atoms with van der Waals surface area (Å²) >= 11 is 5.44. The summed E-state index contributed by atoms with van der Waals surface area (Å²) in [4.78, 5) is 11.2. The molecular formula is C11H10ClN3O. The number of carbonyl (C=O) groups is 1. The molecule has 16 heavy (non-hydrogen) atoms. The van der Waals surface area contributed by atoms with Gasteiger partial charge < -0.3 is 5.32 Å². The summed E-state index contributed by atoms with van der Waals surface area (Å²) in [5, 5.41) is 6.83. The predicted octanol–water partition coefficient (Wildman–Crippen LogP) is 2.05. The molecule has 4 nitrogen and oxygen atoms in total. The molecule has 1 heterocycles. The fourth-order valence-corrected chi connectivity index (χ4v) is 1.44. The van der Waals surface area contributed by atoms with E-state index < -0.39 is 0 Å². The number of alkyl halides is 1. The molecule has 5 heteroatoms. The molecule has 1 aromatic carbocycles. The minimum absolute atomic E-state index is 0.0621. The number of amides is 1. The highest BCUT2D eigenvalue weighted by molar-refractivity contribution is 6.29. The summed E-state index contributed by atoms with van der Waals surface area (Å²) in [7, 11) is 0. The lowest BCUT2D eigenvalue weighted by Crippen LogP contribution is -2.14. The number of hydrogen-bond donors (Lipinski definition) is 1. The van der Waals surface area contributed by atoms with Gasteiger partial charge in [-0.2, -0.15) is 5.10 Å². The van der Waals surface area contributed by atoms with E-state index in [1.54, 1.807) is 10.9 Å². The van der Waals surface area contributed by atoms with Crippen LogP contribution in [0, 0.1) is 0 Å². The maximum atomic E-state index is 11.2. The topological polar surface area (TPSA) is 46.9 Å². The highest BCUT2D eigenvalue weighted by Gasteiger charge is 2.06. The molecule has 1 N–H and O–H groups in total. The number of benzene rings is 1. The van der Waals surface area contributed by atoms with Gasteiger partial charge in [-0.3, -0.25) is 4.79 Å². The van der Waals surface area contributed by atoms with Crippen molar-refractivity contribution in [2.24, 2.45) is 0 Å². The van der Waals surface area contributed by atoms with Crippen molar-refractivity contribution in [3.8, 4) is 5.69 Å². The van der Waals surface area contributed by atoms with Crippen LogP contribution in [0.1, 0.15) is 0 Å². The first-order valence-corrected chi connectivity index (χ1v) is 5.29. The average Bonchev–Trinajstić information content (AvgIpc) is 2.83. The summed E-state index contributed by atoms with van der Waals surface area (Å²) < 4.78 is 1.68. The minimum atomic E-state index is -0.235. The van der Waals surface area contributed by atoms with Crippen molar-refractivity contribution in [2.45, 2.75) is 0 Å². The summed E-state index contributed by atoms with van der Waals surface area (Å²) in [6, 6.07) is 9.22. The number of carbonyl (C=O) groups excluding carboxylic acids is 1. The standard InChI is InChI=1S/C11H10ClN3O/c12-8-11(16)14-9-4-1-2-5-10(9)15-7-3-6-13-15/h1-7H,8H2,(H,14,16). The van der Waals surface area contributed by atoms with Crippen LogP contribution in [0.5, 0.6) is 0 Å². The van der Waals surface area contributed by atoms with Gasteiger partial charge in [0.05, 0.1) is 11.4 Å². The van der Waals surface area contributed by atoms with Crippen molar-refractivity contribution in [1.29, 1.82) is 0 Å². The van der Waals surface area contributed by atoms with Gasteiger partial charge in [-0.15, -0.1) is 11.6 Å². The van der Waals surface area contributed by atoms with Crippen LogP contribution in [0.25, 0.3) is 5.69 Å². The molecule has 0 fully saturated rings. The quantitative estimate of drug-likeness (QED) is 0.828. The maximum absolute atomic E-state index is 11.2. The first-order valence-electron chi connectivity index (χ1n) is 4.76. The molecule has 1 amide bonds. The van der Waals surface area contributed by atoms with Crippen LogP contribution in [0.4, 0.5) is 5.69 Å². The third-order valence-corrected chi connectivity index (χ3v) is 2.29. The lowest BCUT2D eigenvalue weighted by molar-refractivity contribution is -0.113. The first-order chi connectivity index (χ1) is 7.81. The van der Waals surface area contributed by atoms with E-state index >= 15 is 0 Å². The van der Waals surface area contributed by atoms with Crippen molar-refractivity contribution >= 4 is 23.2 Å². The van der Waals surface area contributed by atoms with E-state index in [4.69, 9.17) is 11.6 Å². The summed E-state index contributed by atoms with van der Waals surface area (Å²) in [6.45, 7) is 0. The molecule has 2 rings (SSSR count). The van der Waals surface area contributed by atoms with Crippen LogP contribution in [0.2, 0.25) is 0 Å². The number of halogens is 1. The summed E-state index contributed by atoms with van der Waals surface area (Å²) in [6.07, 6.45) is 3.49. The maximum Gasteiger partial charge on any atom is 0.239 e. The molecule has 0 atom stereocenters. The SMILES string of the molecule is O=C(CCl)Nc1ccccc1-n1cccn1. The number of nitrogens with one attached hydrogen (secondary N) is 1. The lowest BCUT2D eigenvalue weighted by Gasteiger charge is -2.09. The van der Waals surface area contributed by atoms with Gasteiger partial charge in [0.15, 0.2) is 0 Å². The van der Waals surface area contributed by atoms with E-state index in [1.165, 1.54) is 0 Å². The number of nitrogens with zero attached hydrogens (tertiary/aromatic N) is 2. The van der Waals surface area contributed by atoms with E-state index in [2.05, 4.69) is 10.4 Å². The smallest absolute Gasteiger partial charge is 0.239 e. The normalized spacial score (nSPS) is 10.1. The Morgan fingerprint density at radius 1 is 1.38 bits per heavy atom. The van der Waals surface area contributed by atoms with Crippen LogP contribution in [-0.4, -0.2) is 21.6 Å². The molecule has 0 spiro atoms. The van der Waals surface area contributed by atoms with Crippen LogP contribution in [0.3, 0.4) is 0 Å². The summed E-state index contributed by atoms with van der Waals surface area (Å²) in [5.41, 5.74) is 1.50. The van der Waals surface area contributed by atoms with Gasteiger partial charge in [0, 0.05) is 12.4 Å². The van der Waals surface area contributed by atoms with Gasteiger partial charge in [0.25, 0.3) is 0 Å².